The summed E-state index contributed by atoms with van der Waals surface area (Å²) in [5.74, 6) is 0.509. The van der Waals surface area contributed by atoms with E-state index in [0.29, 0.717) is 12.5 Å². The van der Waals surface area contributed by atoms with E-state index in [-0.39, 0.29) is 24.0 Å². The Morgan fingerprint density at radius 1 is 1.30 bits per heavy atom. The second kappa shape index (κ2) is 4.33. The van der Waals surface area contributed by atoms with Gasteiger partial charge in [-0.15, -0.1) is 0 Å². The average molecular weight is 274 g/mol. The van der Waals surface area contributed by atoms with Gasteiger partial charge in [-0.25, -0.2) is 4.79 Å². The molecule has 1 N–H and O–H groups in total. The van der Waals surface area contributed by atoms with Crippen LogP contribution in [0, 0.1) is 5.92 Å². The highest BCUT2D eigenvalue weighted by molar-refractivity contribution is 6.04. The molecule has 1 aromatic heterocycles. The van der Waals surface area contributed by atoms with Crippen LogP contribution < -0.4 is 0 Å². The Labute approximate surface area is 117 Å². The Bertz CT molecular complexity index is 541. The molecular formula is C14H18N4O2. The van der Waals surface area contributed by atoms with Crippen molar-refractivity contribution in [2.75, 3.05) is 0 Å². The normalized spacial score (nSPS) is 32.7. The fourth-order valence-corrected chi connectivity index (χ4v) is 4.06. The quantitative estimate of drug-likeness (QED) is 0.831. The molecule has 3 atom stereocenters. The number of nitrogens with one attached hydrogen (secondary N) is 1. The maximum Gasteiger partial charge on any atom is 0.328 e. The highest BCUT2D eigenvalue weighted by atomic mass is 16.2. The first kappa shape index (κ1) is 11.9. The van der Waals surface area contributed by atoms with Gasteiger partial charge in [0.2, 0.25) is 0 Å². The lowest BCUT2D eigenvalue weighted by Gasteiger charge is -2.30. The van der Waals surface area contributed by atoms with Crippen molar-refractivity contribution in [1.82, 2.24) is 20.0 Å². The molecule has 2 aliphatic heterocycles. The Balaban J connectivity index is 1.58. The molecular weight excluding hydrogens is 256 g/mol. The van der Waals surface area contributed by atoms with Gasteiger partial charge in [0.15, 0.2) is 0 Å². The van der Waals surface area contributed by atoms with Crippen molar-refractivity contribution in [2.45, 2.75) is 50.7 Å². The van der Waals surface area contributed by atoms with Gasteiger partial charge in [0.1, 0.15) is 6.04 Å². The van der Waals surface area contributed by atoms with Crippen molar-refractivity contribution in [2.24, 2.45) is 5.92 Å². The maximum absolute atomic E-state index is 12.6. The molecule has 2 saturated heterocycles. The summed E-state index contributed by atoms with van der Waals surface area (Å²) in [6.07, 6.45) is 7.12. The summed E-state index contributed by atoms with van der Waals surface area (Å²) in [5, 5.41) is 6.68. The highest BCUT2D eigenvalue weighted by Crippen LogP contribution is 2.43. The monoisotopic (exact) mass is 274 g/mol. The van der Waals surface area contributed by atoms with Gasteiger partial charge in [-0.2, -0.15) is 5.10 Å². The van der Waals surface area contributed by atoms with E-state index in [1.807, 2.05) is 4.90 Å². The molecule has 6 heteroatoms. The van der Waals surface area contributed by atoms with Crippen molar-refractivity contribution in [3.63, 3.8) is 0 Å². The molecule has 0 radical (unpaired) electrons. The van der Waals surface area contributed by atoms with E-state index in [0.717, 1.165) is 18.5 Å². The minimum absolute atomic E-state index is 0.0287. The van der Waals surface area contributed by atoms with E-state index >= 15 is 0 Å². The summed E-state index contributed by atoms with van der Waals surface area (Å²) in [5.41, 5.74) is 0.799. The largest absolute Gasteiger partial charge is 0.328 e. The Morgan fingerprint density at radius 3 is 2.95 bits per heavy atom. The van der Waals surface area contributed by atoms with Gasteiger partial charge in [-0.1, -0.05) is 12.8 Å². The number of rotatable bonds is 2. The number of hydrogen-bond acceptors (Lipinski definition) is 3. The van der Waals surface area contributed by atoms with E-state index in [2.05, 4.69) is 10.2 Å². The zero-order chi connectivity index (χ0) is 13.7. The molecule has 106 valence electrons. The van der Waals surface area contributed by atoms with Gasteiger partial charge in [-0.3, -0.25) is 14.8 Å². The van der Waals surface area contributed by atoms with E-state index in [9.17, 15) is 9.59 Å². The molecule has 0 spiro atoms. The van der Waals surface area contributed by atoms with Crippen LogP contribution in [0.15, 0.2) is 12.3 Å². The van der Waals surface area contributed by atoms with Crippen LogP contribution in [0.25, 0.3) is 0 Å². The van der Waals surface area contributed by atoms with Gasteiger partial charge in [0.05, 0.1) is 12.2 Å². The third-order valence-corrected chi connectivity index (χ3v) is 4.98. The SMILES string of the molecule is O=C1[C@@H]2C[C@H]3CCCC[C@@H]3N2C(=O)N1Cc1ccn[nH]1. The van der Waals surface area contributed by atoms with Crippen molar-refractivity contribution >= 4 is 11.9 Å². The van der Waals surface area contributed by atoms with Crippen LogP contribution in [0.4, 0.5) is 4.79 Å². The summed E-state index contributed by atoms with van der Waals surface area (Å²) in [4.78, 5) is 28.3. The van der Waals surface area contributed by atoms with Crippen LogP contribution >= 0.6 is 0 Å². The van der Waals surface area contributed by atoms with Crippen LogP contribution in [0.2, 0.25) is 0 Å². The molecule has 0 unspecified atom stereocenters. The van der Waals surface area contributed by atoms with E-state index in [4.69, 9.17) is 0 Å². The van der Waals surface area contributed by atoms with Gasteiger partial charge in [0, 0.05) is 12.2 Å². The smallest absolute Gasteiger partial charge is 0.309 e. The number of hydrogen-bond donors (Lipinski definition) is 1. The first-order chi connectivity index (χ1) is 9.75. The molecule has 1 saturated carbocycles. The van der Waals surface area contributed by atoms with E-state index in [1.54, 1.807) is 12.3 Å². The summed E-state index contributed by atoms with van der Waals surface area (Å²) >= 11 is 0. The van der Waals surface area contributed by atoms with E-state index < -0.39 is 0 Å². The molecule has 3 aliphatic rings. The number of carbonyl (C=O) groups excluding carboxylic acids is 2. The number of carbonyl (C=O) groups is 2. The molecule has 20 heavy (non-hydrogen) atoms. The predicted octanol–water partition coefficient (Wildman–Crippen LogP) is 1.50. The molecule has 3 fully saturated rings. The summed E-state index contributed by atoms with van der Waals surface area (Å²) in [7, 11) is 0. The van der Waals surface area contributed by atoms with Crippen LogP contribution in [-0.4, -0.2) is 44.0 Å². The highest BCUT2D eigenvalue weighted by Gasteiger charge is 2.55. The number of aromatic amines is 1. The molecule has 3 heterocycles. The predicted molar refractivity (Wildman–Crippen MR) is 70.5 cm³/mol. The Hall–Kier alpha value is -1.85. The van der Waals surface area contributed by atoms with Crippen molar-refractivity contribution in [1.29, 1.82) is 0 Å². The molecule has 1 aromatic rings. The second-order valence-electron chi connectivity index (χ2n) is 6.06. The molecule has 0 bridgehead atoms. The van der Waals surface area contributed by atoms with Gasteiger partial charge in [-0.05, 0) is 31.2 Å². The van der Waals surface area contributed by atoms with Gasteiger partial charge >= 0.3 is 6.03 Å². The number of imide groups is 1. The van der Waals surface area contributed by atoms with Crippen LogP contribution in [0.5, 0.6) is 0 Å². The van der Waals surface area contributed by atoms with Crippen molar-refractivity contribution in [3.05, 3.63) is 18.0 Å². The van der Waals surface area contributed by atoms with Gasteiger partial charge < -0.3 is 4.90 Å². The molecule has 3 amide bonds. The van der Waals surface area contributed by atoms with Crippen LogP contribution in [0.1, 0.15) is 37.8 Å². The topological polar surface area (TPSA) is 69.3 Å². The third-order valence-electron chi connectivity index (χ3n) is 4.98. The Morgan fingerprint density at radius 2 is 2.15 bits per heavy atom. The lowest BCUT2D eigenvalue weighted by molar-refractivity contribution is -0.128. The molecule has 6 nitrogen and oxygen atoms in total. The zero-order valence-corrected chi connectivity index (χ0v) is 11.3. The molecule has 4 rings (SSSR count). The number of nitrogens with zero attached hydrogens (tertiary/aromatic N) is 3. The van der Waals surface area contributed by atoms with Crippen molar-refractivity contribution in [3.8, 4) is 0 Å². The van der Waals surface area contributed by atoms with Crippen LogP contribution in [-0.2, 0) is 11.3 Å². The number of urea groups is 1. The van der Waals surface area contributed by atoms with E-state index in [1.165, 1.54) is 24.2 Å². The fourth-order valence-electron chi connectivity index (χ4n) is 4.06. The molecule has 0 aromatic carbocycles. The second-order valence-corrected chi connectivity index (χ2v) is 6.06. The minimum atomic E-state index is -0.210. The average Bonchev–Trinajstić information content (AvgIpc) is 3.14. The summed E-state index contributed by atoms with van der Waals surface area (Å²) in [6, 6.07) is 1.77. The molecule has 1 aliphatic carbocycles. The lowest BCUT2D eigenvalue weighted by atomic mass is 9.84. The standard InChI is InChI=1S/C14H18N4O2/c19-13-12-7-9-3-1-2-4-11(9)18(12)14(20)17(13)8-10-5-6-15-16-10/h5-6,9,11-12H,1-4,7-8H2,(H,15,16)/t9-,11+,12+/m1/s1. The van der Waals surface area contributed by atoms with Crippen molar-refractivity contribution < 1.29 is 9.59 Å². The maximum atomic E-state index is 12.6. The van der Waals surface area contributed by atoms with Gasteiger partial charge in [0.25, 0.3) is 5.91 Å². The number of H-pyrrole nitrogens is 1. The first-order valence-electron chi connectivity index (χ1n) is 7.37. The number of amides is 3. The Kier molecular flexibility index (Phi) is 2.58. The lowest BCUT2D eigenvalue weighted by Crippen LogP contribution is -2.41. The summed E-state index contributed by atoms with van der Waals surface area (Å²) in [6.45, 7) is 0.308. The number of aromatic nitrogens is 2. The first-order valence-corrected chi connectivity index (χ1v) is 7.37. The van der Waals surface area contributed by atoms with Crippen LogP contribution in [0.3, 0.4) is 0 Å². The number of fused-ring (bicyclic) bond motifs is 3. The fraction of sp³-hybridized carbons (Fsp3) is 0.643. The summed E-state index contributed by atoms with van der Waals surface area (Å²) < 4.78 is 0. The third kappa shape index (κ3) is 1.60. The minimum Gasteiger partial charge on any atom is -0.309 e. The zero-order valence-electron chi connectivity index (χ0n) is 11.3.